The maximum absolute atomic E-state index is 6.01. The molecule has 1 atom stereocenters. The third-order valence-corrected chi connectivity index (χ3v) is 6.16. The second kappa shape index (κ2) is 7.47. The highest BCUT2D eigenvalue weighted by Crippen LogP contribution is 2.37. The standard InChI is InChI=1S/C22H22N4S/c1-14(21-17-9-5-6-10-18(17)22(23)26-25-21)19-11-12-20(27-19)16-8-4-3-7-15(16)13-24-2/h3-12,14,24H,13H2,1-2H3,(H2,23,26). The Bertz CT molecular complexity index is 1090. The lowest BCUT2D eigenvalue weighted by Crippen LogP contribution is -2.05. The van der Waals surface area contributed by atoms with Gasteiger partial charge in [0.25, 0.3) is 0 Å². The van der Waals surface area contributed by atoms with Crippen LogP contribution in [0.3, 0.4) is 0 Å². The molecule has 136 valence electrons. The number of nitrogens with two attached hydrogens (primary N) is 1. The predicted molar refractivity (Wildman–Crippen MR) is 114 cm³/mol. The fraction of sp³-hybridized carbons (Fsp3) is 0.182. The monoisotopic (exact) mass is 374 g/mol. The highest BCUT2D eigenvalue weighted by molar-refractivity contribution is 7.15. The number of benzene rings is 2. The molecule has 2 aromatic carbocycles. The Hall–Kier alpha value is -2.76. The average Bonchev–Trinajstić information content (AvgIpc) is 3.19. The lowest BCUT2D eigenvalue weighted by molar-refractivity contribution is 0.820. The van der Waals surface area contributed by atoms with Crippen LogP contribution in [-0.2, 0) is 6.54 Å². The molecule has 3 N–H and O–H groups in total. The number of nitrogens with one attached hydrogen (secondary N) is 1. The molecule has 0 saturated heterocycles. The first kappa shape index (κ1) is 17.6. The van der Waals surface area contributed by atoms with Crippen LogP contribution in [-0.4, -0.2) is 17.2 Å². The highest BCUT2D eigenvalue weighted by atomic mass is 32.1. The van der Waals surface area contributed by atoms with Crippen molar-refractivity contribution in [2.45, 2.75) is 19.4 Å². The minimum atomic E-state index is 0.151. The molecule has 0 bridgehead atoms. The fourth-order valence-electron chi connectivity index (χ4n) is 3.44. The number of hydrogen-bond donors (Lipinski definition) is 2. The van der Waals surface area contributed by atoms with Crippen LogP contribution in [0.4, 0.5) is 5.82 Å². The van der Waals surface area contributed by atoms with Crippen LogP contribution in [0, 0.1) is 0 Å². The van der Waals surface area contributed by atoms with E-state index < -0.39 is 0 Å². The number of anilines is 1. The highest BCUT2D eigenvalue weighted by Gasteiger charge is 2.18. The number of nitrogens with zero attached hydrogens (tertiary/aromatic N) is 2. The molecule has 0 radical (unpaired) electrons. The molecule has 0 aliphatic heterocycles. The lowest BCUT2D eigenvalue weighted by atomic mass is 10.00. The van der Waals surface area contributed by atoms with Crippen molar-refractivity contribution in [2.75, 3.05) is 12.8 Å². The molecule has 0 aliphatic rings. The first-order chi connectivity index (χ1) is 13.2. The van der Waals surface area contributed by atoms with Crippen molar-refractivity contribution in [3.8, 4) is 10.4 Å². The molecular weight excluding hydrogens is 352 g/mol. The van der Waals surface area contributed by atoms with E-state index >= 15 is 0 Å². The van der Waals surface area contributed by atoms with Crippen LogP contribution in [0.15, 0.2) is 60.7 Å². The third kappa shape index (κ3) is 3.31. The van der Waals surface area contributed by atoms with E-state index in [1.165, 1.54) is 20.9 Å². The summed E-state index contributed by atoms with van der Waals surface area (Å²) in [6.45, 7) is 3.04. The maximum Gasteiger partial charge on any atom is 0.153 e. The van der Waals surface area contributed by atoms with Gasteiger partial charge in [-0.1, -0.05) is 55.5 Å². The summed E-state index contributed by atoms with van der Waals surface area (Å²) < 4.78 is 0. The molecule has 0 fully saturated rings. The van der Waals surface area contributed by atoms with Gasteiger partial charge in [-0.3, -0.25) is 0 Å². The molecule has 0 saturated carbocycles. The van der Waals surface area contributed by atoms with Gasteiger partial charge in [-0.15, -0.1) is 16.4 Å². The summed E-state index contributed by atoms with van der Waals surface area (Å²) in [6, 6.07) is 21.0. The van der Waals surface area contributed by atoms with Crippen molar-refractivity contribution in [3.63, 3.8) is 0 Å². The summed E-state index contributed by atoms with van der Waals surface area (Å²) >= 11 is 1.81. The van der Waals surface area contributed by atoms with E-state index in [9.17, 15) is 0 Å². The van der Waals surface area contributed by atoms with Gasteiger partial charge in [0, 0.05) is 33.0 Å². The Morgan fingerprint density at radius 3 is 2.52 bits per heavy atom. The molecule has 0 spiro atoms. The second-order valence-corrected chi connectivity index (χ2v) is 7.74. The topological polar surface area (TPSA) is 63.8 Å². The molecule has 5 heteroatoms. The zero-order chi connectivity index (χ0) is 18.8. The minimum absolute atomic E-state index is 0.151. The summed E-state index contributed by atoms with van der Waals surface area (Å²) in [6.07, 6.45) is 0. The number of aromatic nitrogens is 2. The molecule has 27 heavy (non-hydrogen) atoms. The summed E-state index contributed by atoms with van der Waals surface area (Å²) in [5.41, 5.74) is 9.57. The van der Waals surface area contributed by atoms with Crippen LogP contribution >= 0.6 is 11.3 Å². The van der Waals surface area contributed by atoms with Crippen molar-refractivity contribution >= 4 is 27.9 Å². The van der Waals surface area contributed by atoms with Gasteiger partial charge in [-0.2, -0.15) is 5.10 Å². The number of nitrogen functional groups attached to an aromatic ring is 1. The summed E-state index contributed by atoms with van der Waals surface area (Å²) in [7, 11) is 1.98. The Labute approximate surface area is 163 Å². The average molecular weight is 375 g/mol. The zero-order valence-corrected chi connectivity index (χ0v) is 16.3. The van der Waals surface area contributed by atoms with Crippen LogP contribution in [0.25, 0.3) is 21.2 Å². The van der Waals surface area contributed by atoms with Crippen LogP contribution in [0.1, 0.15) is 29.0 Å². The van der Waals surface area contributed by atoms with E-state index in [0.29, 0.717) is 5.82 Å². The van der Waals surface area contributed by atoms with Crippen molar-refractivity contribution in [3.05, 3.63) is 76.8 Å². The number of thiophene rings is 1. The Morgan fingerprint density at radius 1 is 0.963 bits per heavy atom. The minimum Gasteiger partial charge on any atom is -0.382 e. The first-order valence-corrected chi connectivity index (χ1v) is 9.84. The van der Waals surface area contributed by atoms with Gasteiger partial charge in [0.05, 0.1) is 5.69 Å². The Balaban J connectivity index is 1.74. The van der Waals surface area contributed by atoms with Gasteiger partial charge in [-0.25, -0.2) is 0 Å². The molecule has 2 heterocycles. The normalized spacial score (nSPS) is 12.4. The van der Waals surface area contributed by atoms with Gasteiger partial charge in [0.15, 0.2) is 5.82 Å². The Morgan fingerprint density at radius 2 is 1.70 bits per heavy atom. The van der Waals surface area contributed by atoms with E-state index in [1.807, 2.05) is 36.6 Å². The SMILES string of the molecule is CNCc1ccccc1-c1ccc(C(C)c2nnc(N)c3ccccc23)s1. The molecule has 2 aromatic heterocycles. The number of fused-ring (bicyclic) bond motifs is 1. The zero-order valence-electron chi connectivity index (χ0n) is 15.4. The Kier molecular flexibility index (Phi) is 4.88. The molecular formula is C22H22N4S. The van der Waals surface area contributed by atoms with Gasteiger partial charge < -0.3 is 11.1 Å². The summed E-state index contributed by atoms with van der Waals surface area (Å²) in [5.74, 6) is 0.632. The van der Waals surface area contributed by atoms with Crippen LogP contribution < -0.4 is 11.1 Å². The van der Waals surface area contributed by atoms with Crippen molar-refractivity contribution in [1.29, 1.82) is 0 Å². The predicted octanol–water partition coefficient (Wildman–Crippen LogP) is 4.81. The molecule has 4 nitrogen and oxygen atoms in total. The molecule has 0 aliphatic carbocycles. The van der Waals surface area contributed by atoms with Crippen molar-refractivity contribution in [1.82, 2.24) is 15.5 Å². The van der Waals surface area contributed by atoms with Gasteiger partial charge >= 0.3 is 0 Å². The van der Waals surface area contributed by atoms with Crippen LogP contribution in [0.2, 0.25) is 0 Å². The first-order valence-electron chi connectivity index (χ1n) is 9.02. The quantitative estimate of drug-likeness (QED) is 0.526. The van der Waals surface area contributed by atoms with E-state index in [-0.39, 0.29) is 5.92 Å². The molecule has 0 amide bonds. The fourth-order valence-corrected chi connectivity index (χ4v) is 4.56. The maximum atomic E-state index is 6.01. The van der Waals surface area contributed by atoms with Gasteiger partial charge in [0.2, 0.25) is 0 Å². The molecule has 4 rings (SSSR count). The van der Waals surface area contributed by atoms with Gasteiger partial charge in [0.1, 0.15) is 0 Å². The second-order valence-electron chi connectivity index (χ2n) is 6.63. The third-order valence-electron chi connectivity index (χ3n) is 4.86. The van der Waals surface area contributed by atoms with E-state index in [0.717, 1.165) is 23.0 Å². The molecule has 1 unspecified atom stereocenters. The number of rotatable bonds is 5. The van der Waals surface area contributed by atoms with E-state index in [2.05, 4.69) is 64.9 Å². The van der Waals surface area contributed by atoms with Crippen molar-refractivity contribution < 1.29 is 0 Å². The number of hydrogen-bond acceptors (Lipinski definition) is 5. The van der Waals surface area contributed by atoms with Crippen LogP contribution in [0.5, 0.6) is 0 Å². The van der Waals surface area contributed by atoms with Crippen molar-refractivity contribution in [2.24, 2.45) is 0 Å². The molecule has 4 aromatic rings. The van der Waals surface area contributed by atoms with Gasteiger partial charge in [-0.05, 0) is 30.3 Å². The summed E-state index contributed by atoms with van der Waals surface area (Å²) in [4.78, 5) is 2.55. The smallest absolute Gasteiger partial charge is 0.153 e. The largest absolute Gasteiger partial charge is 0.382 e. The summed E-state index contributed by atoms with van der Waals surface area (Å²) in [5, 5.41) is 13.9. The van der Waals surface area contributed by atoms with E-state index in [4.69, 9.17) is 5.73 Å². The lowest BCUT2D eigenvalue weighted by Gasteiger charge is -2.12. The van der Waals surface area contributed by atoms with E-state index in [1.54, 1.807) is 0 Å².